The van der Waals surface area contributed by atoms with E-state index in [-0.39, 0.29) is 5.69 Å². The van der Waals surface area contributed by atoms with Crippen LogP contribution in [0, 0.1) is 0 Å². The highest BCUT2D eigenvalue weighted by Gasteiger charge is 2.30. The molecule has 0 aliphatic rings. The fraction of sp³-hybridized carbons (Fsp3) is 0.150. The Morgan fingerprint density at radius 2 is 1.64 bits per heavy atom. The van der Waals surface area contributed by atoms with E-state index in [9.17, 15) is 9.90 Å². The summed E-state index contributed by atoms with van der Waals surface area (Å²) in [7, 11) is 0. The van der Waals surface area contributed by atoms with E-state index < -0.39 is 5.60 Å². The quantitative estimate of drug-likeness (QED) is 0.414. The summed E-state index contributed by atoms with van der Waals surface area (Å²) in [5.41, 5.74) is 7.98. The molecule has 0 saturated carbocycles. The monoisotopic (exact) mass is 395 g/mol. The maximum atomic E-state index is 11.6. The number of hydrogen-bond acceptors (Lipinski definition) is 5. The van der Waals surface area contributed by atoms with Crippen molar-refractivity contribution in [2.45, 2.75) is 12.0 Å². The lowest BCUT2D eigenvalue weighted by atomic mass is 9.83. The van der Waals surface area contributed by atoms with E-state index >= 15 is 0 Å². The number of nitrogens with zero attached hydrogens (tertiary/aromatic N) is 2. The van der Waals surface area contributed by atoms with E-state index in [1.807, 2.05) is 24.3 Å². The molecule has 0 radical (unpaired) electrons. The van der Waals surface area contributed by atoms with E-state index in [4.69, 9.17) is 17.3 Å². The van der Waals surface area contributed by atoms with Crippen molar-refractivity contribution in [2.75, 3.05) is 6.54 Å². The summed E-state index contributed by atoms with van der Waals surface area (Å²) in [5.74, 6) is 0. The van der Waals surface area contributed by atoms with Crippen molar-refractivity contribution in [2.24, 2.45) is 5.73 Å². The van der Waals surface area contributed by atoms with Crippen LogP contribution in [0.25, 0.3) is 22.4 Å². The molecule has 4 aromatic rings. The van der Waals surface area contributed by atoms with Gasteiger partial charge in [-0.2, -0.15) is 0 Å². The average molecular weight is 396 g/mol. The minimum atomic E-state index is -1.23. The molecule has 5 N–H and O–H groups in total. The zero-order chi connectivity index (χ0) is 19.7. The Morgan fingerprint density at radius 3 is 2.29 bits per heavy atom. The molecule has 2 heterocycles. The number of nitrogens with one attached hydrogen (secondary N) is 2. The molecule has 0 saturated heterocycles. The number of aromatic nitrogens is 4. The summed E-state index contributed by atoms with van der Waals surface area (Å²) >= 11 is 5.98. The molecule has 142 valence electrons. The summed E-state index contributed by atoms with van der Waals surface area (Å²) in [6.45, 7) is 0.317. The molecule has 0 aliphatic heterocycles. The SMILES string of the molecule is NCCC(O)(c1ccc(Cl)cc1)c1ccc(-c2ncnc3[nH]c(=O)[nH]c23)cc1. The van der Waals surface area contributed by atoms with Crippen molar-refractivity contribution in [3.05, 3.63) is 81.5 Å². The molecule has 28 heavy (non-hydrogen) atoms. The van der Waals surface area contributed by atoms with Crippen LogP contribution in [0.3, 0.4) is 0 Å². The first-order valence-corrected chi connectivity index (χ1v) is 9.11. The van der Waals surface area contributed by atoms with Gasteiger partial charge in [-0.3, -0.25) is 4.98 Å². The fourth-order valence-corrected chi connectivity index (χ4v) is 3.49. The van der Waals surface area contributed by atoms with Crippen molar-refractivity contribution in [3.63, 3.8) is 0 Å². The van der Waals surface area contributed by atoms with Gasteiger partial charge in [0, 0.05) is 10.6 Å². The van der Waals surface area contributed by atoms with Crippen LogP contribution in [-0.2, 0) is 5.60 Å². The lowest BCUT2D eigenvalue weighted by molar-refractivity contribution is 0.0737. The van der Waals surface area contributed by atoms with Gasteiger partial charge < -0.3 is 15.8 Å². The second-order valence-electron chi connectivity index (χ2n) is 6.51. The zero-order valence-corrected chi connectivity index (χ0v) is 15.6. The topological polar surface area (TPSA) is 121 Å². The van der Waals surface area contributed by atoms with Gasteiger partial charge in [-0.25, -0.2) is 14.8 Å². The van der Waals surface area contributed by atoms with Gasteiger partial charge in [-0.05, 0) is 36.2 Å². The maximum Gasteiger partial charge on any atom is 0.325 e. The van der Waals surface area contributed by atoms with Gasteiger partial charge in [0.15, 0.2) is 5.65 Å². The summed E-state index contributed by atoms with van der Waals surface area (Å²) in [6, 6.07) is 14.4. The predicted octanol–water partition coefficient (Wildman–Crippen LogP) is 2.55. The highest BCUT2D eigenvalue weighted by atomic mass is 35.5. The number of imidazole rings is 1. The van der Waals surface area contributed by atoms with Crippen molar-refractivity contribution >= 4 is 22.8 Å². The third-order valence-electron chi connectivity index (χ3n) is 4.78. The minimum absolute atomic E-state index is 0.317. The normalized spacial score (nSPS) is 13.5. The first kappa shape index (κ1) is 18.4. The first-order valence-electron chi connectivity index (χ1n) is 8.73. The molecule has 0 spiro atoms. The molecule has 2 aromatic heterocycles. The third-order valence-corrected chi connectivity index (χ3v) is 5.03. The molecule has 1 unspecified atom stereocenters. The van der Waals surface area contributed by atoms with Gasteiger partial charge in [-0.1, -0.05) is 48.0 Å². The minimum Gasteiger partial charge on any atom is -0.380 e. The van der Waals surface area contributed by atoms with Crippen molar-refractivity contribution in [1.29, 1.82) is 0 Å². The standard InChI is InChI=1S/C20H18ClN5O2/c21-15-7-5-14(6-8-15)20(28,9-10-22)13-3-1-12(2-4-13)16-17-18(24-11-23-16)26-19(27)25-17/h1-8,11,28H,9-10,22H2,(H2,23,24,25,26,27). The van der Waals surface area contributed by atoms with Crippen LogP contribution < -0.4 is 11.4 Å². The molecule has 4 rings (SSSR count). The Labute approximate surface area is 165 Å². The Kier molecular flexibility index (Phi) is 4.72. The van der Waals surface area contributed by atoms with Crippen molar-refractivity contribution < 1.29 is 5.11 Å². The number of aromatic amines is 2. The van der Waals surface area contributed by atoms with E-state index in [0.717, 1.165) is 11.1 Å². The second-order valence-corrected chi connectivity index (χ2v) is 6.94. The Morgan fingerprint density at radius 1 is 1.00 bits per heavy atom. The van der Waals surface area contributed by atoms with Crippen LogP contribution in [-0.4, -0.2) is 31.6 Å². The summed E-state index contributed by atoms with van der Waals surface area (Å²) in [6.07, 6.45) is 1.75. The van der Waals surface area contributed by atoms with Crippen LogP contribution in [0.15, 0.2) is 59.7 Å². The molecule has 0 bridgehead atoms. The van der Waals surface area contributed by atoms with Crippen molar-refractivity contribution in [3.8, 4) is 11.3 Å². The highest BCUT2D eigenvalue weighted by Crippen LogP contribution is 2.34. The summed E-state index contributed by atoms with van der Waals surface area (Å²) in [4.78, 5) is 25.2. The maximum absolute atomic E-state index is 11.6. The van der Waals surface area contributed by atoms with Gasteiger partial charge in [0.2, 0.25) is 0 Å². The number of fused-ring (bicyclic) bond motifs is 1. The van der Waals surface area contributed by atoms with Gasteiger partial charge in [0.25, 0.3) is 0 Å². The Hall–Kier alpha value is -3.00. The number of hydrogen-bond donors (Lipinski definition) is 4. The lowest BCUT2D eigenvalue weighted by Gasteiger charge is -2.29. The number of halogens is 1. The van der Waals surface area contributed by atoms with Crippen molar-refractivity contribution in [1.82, 2.24) is 19.9 Å². The molecule has 8 heteroatoms. The van der Waals surface area contributed by atoms with Crippen LogP contribution in [0.1, 0.15) is 17.5 Å². The third kappa shape index (κ3) is 3.20. The second kappa shape index (κ2) is 7.20. The Balaban J connectivity index is 1.77. The first-order chi connectivity index (χ1) is 13.5. The van der Waals surface area contributed by atoms with E-state index in [1.165, 1.54) is 6.33 Å². The van der Waals surface area contributed by atoms with E-state index in [1.54, 1.807) is 24.3 Å². The molecule has 0 amide bonds. The smallest absolute Gasteiger partial charge is 0.325 e. The van der Waals surface area contributed by atoms with Crippen LogP contribution in [0.5, 0.6) is 0 Å². The summed E-state index contributed by atoms with van der Waals surface area (Å²) in [5, 5.41) is 12.0. The molecule has 0 fully saturated rings. The zero-order valence-electron chi connectivity index (χ0n) is 14.8. The van der Waals surface area contributed by atoms with E-state index in [0.29, 0.717) is 40.4 Å². The Bertz CT molecular complexity index is 1170. The largest absolute Gasteiger partial charge is 0.380 e. The number of H-pyrrole nitrogens is 2. The fourth-order valence-electron chi connectivity index (χ4n) is 3.36. The number of nitrogens with two attached hydrogens (primary N) is 1. The number of benzene rings is 2. The van der Waals surface area contributed by atoms with Crippen LogP contribution >= 0.6 is 11.6 Å². The van der Waals surface area contributed by atoms with Gasteiger partial charge in [-0.15, -0.1) is 0 Å². The van der Waals surface area contributed by atoms with Crippen LogP contribution in [0.2, 0.25) is 5.02 Å². The molecule has 0 aliphatic carbocycles. The van der Waals surface area contributed by atoms with Gasteiger partial charge in [0.1, 0.15) is 17.4 Å². The summed E-state index contributed by atoms with van der Waals surface area (Å²) < 4.78 is 0. The lowest BCUT2D eigenvalue weighted by Crippen LogP contribution is -2.30. The number of aliphatic hydroxyl groups is 1. The molecule has 7 nitrogen and oxygen atoms in total. The van der Waals surface area contributed by atoms with Crippen LogP contribution in [0.4, 0.5) is 0 Å². The highest BCUT2D eigenvalue weighted by molar-refractivity contribution is 6.30. The molecule has 1 atom stereocenters. The van der Waals surface area contributed by atoms with Gasteiger partial charge in [0.05, 0.1) is 5.69 Å². The van der Waals surface area contributed by atoms with Gasteiger partial charge >= 0.3 is 5.69 Å². The van der Waals surface area contributed by atoms with E-state index in [2.05, 4.69) is 19.9 Å². The molecular weight excluding hydrogens is 378 g/mol. The number of rotatable bonds is 5. The predicted molar refractivity (Wildman–Crippen MR) is 108 cm³/mol. The molecular formula is C20H18ClN5O2. The average Bonchev–Trinajstić information content (AvgIpc) is 3.09. The molecule has 2 aromatic carbocycles.